The van der Waals surface area contributed by atoms with E-state index in [9.17, 15) is 9.59 Å². The Labute approximate surface area is 170 Å². The lowest BCUT2D eigenvalue weighted by Gasteiger charge is -2.11. The normalized spacial score (nSPS) is 10.4. The molecule has 0 spiro atoms. The maximum Gasteiger partial charge on any atom is 0.343 e. The molecule has 7 heteroatoms. The molecular formula is C22H25NO6. The van der Waals surface area contributed by atoms with Crippen LogP contribution in [0.25, 0.3) is 6.08 Å². The lowest BCUT2D eigenvalue weighted by molar-refractivity contribution is -0.142. The van der Waals surface area contributed by atoms with Gasteiger partial charge in [0.1, 0.15) is 5.75 Å². The van der Waals surface area contributed by atoms with Crippen LogP contribution >= 0.6 is 0 Å². The van der Waals surface area contributed by atoms with E-state index in [0.717, 1.165) is 5.56 Å². The Morgan fingerprint density at radius 3 is 2.28 bits per heavy atom. The standard InChI is InChI=1S/C22H25NO6/c1-4-27-19-12-6-16(14-20(19)28-5-2)7-13-21(24)23-17-8-10-18(11-9-17)29-15-22(25)26-3/h6-14H,4-5,15H2,1-3H3,(H,23,24). The van der Waals surface area contributed by atoms with Gasteiger partial charge in [0.2, 0.25) is 5.91 Å². The second-order valence-electron chi connectivity index (χ2n) is 5.78. The molecule has 0 heterocycles. The molecule has 0 saturated heterocycles. The van der Waals surface area contributed by atoms with Crippen LogP contribution in [-0.4, -0.2) is 38.8 Å². The second kappa shape index (κ2) is 11.4. The molecule has 0 radical (unpaired) electrons. The largest absolute Gasteiger partial charge is 0.490 e. The van der Waals surface area contributed by atoms with Crippen molar-refractivity contribution in [3.63, 3.8) is 0 Å². The fourth-order valence-corrected chi connectivity index (χ4v) is 2.36. The molecule has 1 N–H and O–H groups in total. The van der Waals surface area contributed by atoms with E-state index in [1.807, 2.05) is 32.0 Å². The van der Waals surface area contributed by atoms with Crippen LogP contribution in [0.4, 0.5) is 5.69 Å². The highest BCUT2D eigenvalue weighted by Gasteiger charge is 2.06. The minimum absolute atomic E-state index is 0.170. The van der Waals surface area contributed by atoms with Crippen LogP contribution in [0, 0.1) is 0 Å². The van der Waals surface area contributed by atoms with E-state index in [4.69, 9.17) is 14.2 Å². The highest BCUT2D eigenvalue weighted by Crippen LogP contribution is 2.29. The Morgan fingerprint density at radius 2 is 1.62 bits per heavy atom. The zero-order chi connectivity index (χ0) is 21.1. The Bertz CT molecular complexity index is 845. The van der Waals surface area contributed by atoms with Crippen molar-refractivity contribution in [2.75, 3.05) is 32.2 Å². The molecule has 2 aromatic rings. The van der Waals surface area contributed by atoms with E-state index in [1.165, 1.54) is 13.2 Å². The molecule has 0 aliphatic rings. The van der Waals surface area contributed by atoms with Crippen molar-refractivity contribution in [3.05, 3.63) is 54.1 Å². The number of ether oxygens (including phenoxy) is 4. The topological polar surface area (TPSA) is 83.1 Å². The Hall–Kier alpha value is -3.48. The zero-order valence-electron chi connectivity index (χ0n) is 16.8. The number of rotatable bonds is 10. The van der Waals surface area contributed by atoms with E-state index >= 15 is 0 Å². The molecular weight excluding hydrogens is 374 g/mol. The zero-order valence-corrected chi connectivity index (χ0v) is 16.8. The van der Waals surface area contributed by atoms with Gasteiger partial charge in [0.25, 0.3) is 0 Å². The van der Waals surface area contributed by atoms with E-state index in [0.29, 0.717) is 36.1 Å². The first-order chi connectivity index (χ1) is 14.0. The summed E-state index contributed by atoms with van der Waals surface area (Å²) in [6.45, 7) is 4.71. The van der Waals surface area contributed by atoms with Gasteiger partial charge in [-0.15, -0.1) is 0 Å². The molecule has 154 valence electrons. The maximum absolute atomic E-state index is 12.2. The Morgan fingerprint density at radius 1 is 0.931 bits per heavy atom. The number of esters is 1. The number of carbonyl (C=O) groups is 2. The minimum atomic E-state index is -0.464. The van der Waals surface area contributed by atoms with E-state index in [-0.39, 0.29) is 12.5 Å². The van der Waals surface area contributed by atoms with Gasteiger partial charge in [-0.05, 0) is 61.9 Å². The maximum atomic E-state index is 12.2. The number of nitrogens with one attached hydrogen (secondary N) is 1. The first kappa shape index (κ1) is 21.8. The fraction of sp³-hybridized carbons (Fsp3) is 0.273. The number of amides is 1. The van der Waals surface area contributed by atoms with Crippen molar-refractivity contribution >= 4 is 23.6 Å². The lowest BCUT2D eigenvalue weighted by atomic mass is 10.2. The molecule has 0 saturated carbocycles. The number of hydrogen-bond acceptors (Lipinski definition) is 6. The van der Waals surface area contributed by atoms with Gasteiger partial charge in [0.15, 0.2) is 18.1 Å². The predicted molar refractivity (Wildman–Crippen MR) is 110 cm³/mol. The van der Waals surface area contributed by atoms with Crippen LogP contribution in [0.2, 0.25) is 0 Å². The smallest absolute Gasteiger partial charge is 0.343 e. The molecule has 0 aliphatic heterocycles. The highest BCUT2D eigenvalue weighted by molar-refractivity contribution is 6.02. The van der Waals surface area contributed by atoms with Gasteiger partial charge in [-0.25, -0.2) is 4.79 Å². The molecule has 1 amide bonds. The molecule has 7 nitrogen and oxygen atoms in total. The van der Waals surface area contributed by atoms with Crippen LogP contribution < -0.4 is 19.5 Å². The van der Waals surface area contributed by atoms with Crippen LogP contribution in [0.3, 0.4) is 0 Å². The van der Waals surface area contributed by atoms with Gasteiger partial charge >= 0.3 is 5.97 Å². The highest BCUT2D eigenvalue weighted by atomic mass is 16.6. The Kier molecular flexibility index (Phi) is 8.56. The summed E-state index contributed by atoms with van der Waals surface area (Å²) in [6.07, 6.45) is 3.13. The van der Waals surface area contributed by atoms with Crippen molar-refractivity contribution in [2.45, 2.75) is 13.8 Å². The van der Waals surface area contributed by atoms with Gasteiger partial charge in [-0.1, -0.05) is 6.07 Å². The quantitative estimate of drug-likeness (QED) is 0.485. The summed E-state index contributed by atoms with van der Waals surface area (Å²) in [7, 11) is 1.29. The average molecular weight is 399 g/mol. The summed E-state index contributed by atoms with van der Waals surface area (Å²) in [5.41, 5.74) is 1.42. The Balaban J connectivity index is 1.95. The van der Waals surface area contributed by atoms with E-state index < -0.39 is 5.97 Å². The second-order valence-corrected chi connectivity index (χ2v) is 5.78. The molecule has 29 heavy (non-hydrogen) atoms. The summed E-state index contributed by atoms with van der Waals surface area (Å²) in [4.78, 5) is 23.2. The number of anilines is 1. The third kappa shape index (κ3) is 7.21. The molecule has 2 rings (SSSR count). The SMILES string of the molecule is CCOc1ccc(C=CC(=O)Nc2ccc(OCC(=O)OC)cc2)cc1OCC. The third-order valence-corrected chi connectivity index (χ3v) is 3.70. The molecule has 0 aliphatic carbocycles. The van der Waals surface area contributed by atoms with Crippen LogP contribution in [-0.2, 0) is 14.3 Å². The van der Waals surface area contributed by atoms with Crippen molar-refractivity contribution in [3.8, 4) is 17.2 Å². The van der Waals surface area contributed by atoms with Gasteiger partial charge < -0.3 is 24.3 Å². The number of carbonyl (C=O) groups excluding carboxylic acids is 2. The molecule has 2 aromatic carbocycles. The third-order valence-electron chi connectivity index (χ3n) is 3.70. The van der Waals surface area contributed by atoms with Gasteiger partial charge in [-0.3, -0.25) is 4.79 Å². The number of hydrogen-bond donors (Lipinski definition) is 1. The first-order valence-electron chi connectivity index (χ1n) is 9.24. The summed E-state index contributed by atoms with van der Waals surface area (Å²) in [5.74, 6) is 1.07. The molecule has 0 bridgehead atoms. The summed E-state index contributed by atoms with van der Waals surface area (Å²) in [6, 6.07) is 12.2. The van der Waals surface area contributed by atoms with E-state index in [1.54, 1.807) is 30.3 Å². The number of benzene rings is 2. The number of methoxy groups -OCH3 is 1. The van der Waals surface area contributed by atoms with Gasteiger partial charge in [-0.2, -0.15) is 0 Å². The lowest BCUT2D eigenvalue weighted by Crippen LogP contribution is -2.12. The monoisotopic (exact) mass is 399 g/mol. The first-order valence-corrected chi connectivity index (χ1v) is 9.24. The van der Waals surface area contributed by atoms with E-state index in [2.05, 4.69) is 10.1 Å². The fourth-order valence-electron chi connectivity index (χ4n) is 2.36. The van der Waals surface area contributed by atoms with Crippen molar-refractivity contribution in [1.82, 2.24) is 0 Å². The van der Waals surface area contributed by atoms with Crippen LogP contribution in [0.5, 0.6) is 17.2 Å². The predicted octanol–water partition coefficient (Wildman–Crippen LogP) is 3.69. The summed E-state index contributed by atoms with van der Waals surface area (Å²) in [5, 5.41) is 2.76. The average Bonchev–Trinajstić information content (AvgIpc) is 2.73. The summed E-state index contributed by atoms with van der Waals surface area (Å²) >= 11 is 0. The van der Waals surface area contributed by atoms with Crippen LogP contribution in [0.1, 0.15) is 19.4 Å². The summed E-state index contributed by atoms with van der Waals surface area (Å²) < 4.78 is 20.9. The van der Waals surface area contributed by atoms with Gasteiger partial charge in [0, 0.05) is 11.8 Å². The van der Waals surface area contributed by atoms with Gasteiger partial charge in [0.05, 0.1) is 20.3 Å². The van der Waals surface area contributed by atoms with Crippen molar-refractivity contribution < 1.29 is 28.5 Å². The molecule has 0 atom stereocenters. The van der Waals surface area contributed by atoms with Crippen molar-refractivity contribution in [1.29, 1.82) is 0 Å². The molecule has 0 unspecified atom stereocenters. The molecule has 0 fully saturated rings. The van der Waals surface area contributed by atoms with Crippen LogP contribution in [0.15, 0.2) is 48.5 Å². The molecule has 0 aromatic heterocycles. The minimum Gasteiger partial charge on any atom is -0.490 e. The van der Waals surface area contributed by atoms with Crippen molar-refractivity contribution in [2.24, 2.45) is 0 Å².